The number of carbonyl (C=O) groups is 1. The molecule has 0 saturated carbocycles. The van der Waals surface area contributed by atoms with Crippen LogP contribution < -0.4 is 0 Å². The number of hydrogen-bond acceptors (Lipinski definition) is 3. The molecule has 1 aromatic rings. The Hall–Kier alpha value is -1.46. The fraction of sp³-hybridized carbons (Fsp3) is 0.533. The normalized spacial score (nSPS) is 11.3. The van der Waals surface area contributed by atoms with Crippen molar-refractivity contribution >= 4 is 5.97 Å². The molecule has 0 aliphatic carbocycles. The SMILES string of the molecule is CCCN(CCN(C)C)Cc1cc(F)cc(C(=O)O)c1. The van der Waals surface area contributed by atoms with Gasteiger partial charge in [0.25, 0.3) is 0 Å². The fourth-order valence-electron chi connectivity index (χ4n) is 2.05. The lowest BCUT2D eigenvalue weighted by molar-refractivity contribution is 0.0696. The molecular formula is C15H23FN2O2. The lowest BCUT2D eigenvalue weighted by Crippen LogP contribution is -2.32. The zero-order valence-corrected chi connectivity index (χ0v) is 12.4. The van der Waals surface area contributed by atoms with Gasteiger partial charge >= 0.3 is 5.97 Å². The molecule has 0 spiro atoms. The monoisotopic (exact) mass is 282 g/mol. The van der Waals surface area contributed by atoms with Crippen molar-refractivity contribution in [1.29, 1.82) is 0 Å². The standard InChI is InChI=1S/C15H23FN2O2/c1-4-5-18(7-6-17(2)3)11-12-8-13(15(19)20)10-14(16)9-12/h8-10H,4-7,11H2,1-3H3,(H,19,20). The van der Waals surface area contributed by atoms with Crippen molar-refractivity contribution in [2.75, 3.05) is 33.7 Å². The Kier molecular flexibility index (Phi) is 6.61. The Morgan fingerprint density at radius 1 is 1.20 bits per heavy atom. The molecule has 0 radical (unpaired) electrons. The van der Waals surface area contributed by atoms with Crippen molar-refractivity contribution in [2.24, 2.45) is 0 Å². The number of aromatic carboxylic acids is 1. The van der Waals surface area contributed by atoms with E-state index in [9.17, 15) is 9.18 Å². The minimum Gasteiger partial charge on any atom is -0.478 e. The molecule has 1 rings (SSSR count). The molecule has 0 heterocycles. The first kappa shape index (κ1) is 16.6. The molecule has 0 bridgehead atoms. The molecule has 20 heavy (non-hydrogen) atoms. The van der Waals surface area contributed by atoms with Gasteiger partial charge in [0.15, 0.2) is 0 Å². The van der Waals surface area contributed by atoms with Crippen molar-refractivity contribution in [3.05, 3.63) is 35.1 Å². The summed E-state index contributed by atoms with van der Waals surface area (Å²) in [6.45, 7) is 5.37. The first-order valence-electron chi connectivity index (χ1n) is 6.82. The minimum atomic E-state index is -1.10. The van der Waals surface area contributed by atoms with Crippen molar-refractivity contribution in [2.45, 2.75) is 19.9 Å². The summed E-state index contributed by atoms with van der Waals surface area (Å²) < 4.78 is 13.4. The van der Waals surface area contributed by atoms with E-state index >= 15 is 0 Å². The number of carboxylic acid groups (broad SMARTS) is 1. The maximum Gasteiger partial charge on any atom is 0.335 e. The highest BCUT2D eigenvalue weighted by Crippen LogP contribution is 2.12. The van der Waals surface area contributed by atoms with E-state index in [2.05, 4.69) is 16.7 Å². The zero-order valence-electron chi connectivity index (χ0n) is 12.4. The summed E-state index contributed by atoms with van der Waals surface area (Å²) in [4.78, 5) is 15.2. The van der Waals surface area contributed by atoms with Gasteiger partial charge in [-0.2, -0.15) is 0 Å². The average molecular weight is 282 g/mol. The van der Waals surface area contributed by atoms with Crippen LogP contribution in [0, 0.1) is 5.82 Å². The van der Waals surface area contributed by atoms with E-state index in [1.807, 2.05) is 14.1 Å². The third-order valence-corrected chi connectivity index (χ3v) is 3.01. The van der Waals surface area contributed by atoms with Crippen molar-refractivity contribution in [3.8, 4) is 0 Å². The van der Waals surface area contributed by atoms with Crippen LogP contribution in [0.5, 0.6) is 0 Å². The Labute approximate surface area is 119 Å². The van der Waals surface area contributed by atoms with E-state index in [-0.39, 0.29) is 5.56 Å². The maximum atomic E-state index is 13.4. The first-order valence-corrected chi connectivity index (χ1v) is 6.82. The second-order valence-corrected chi connectivity index (χ2v) is 5.23. The number of rotatable bonds is 8. The van der Waals surface area contributed by atoms with Crippen LogP contribution in [0.2, 0.25) is 0 Å². The van der Waals surface area contributed by atoms with Gasteiger partial charge in [-0.25, -0.2) is 9.18 Å². The number of benzene rings is 1. The minimum absolute atomic E-state index is 0.00376. The van der Waals surface area contributed by atoms with Gasteiger partial charge in [-0.15, -0.1) is 0 Å². The van der Waals surface area contributed by atoms with E-state index in [4.69, 9.17) is 5.11 Å². The summed E-state index contributed by atoms with van der Waals surface area (Å²) in [5.74, 6) is -1.59. The summed E-state index contributed by atoms with van der Waals surface area (Å²) in [7, 11) is 4.02. The van der Waals surface area contributed by atoms with Crippen LogP contribution in [0.1, 0.15) is 29.3 Å². The number of nitrogens with zero attached hydrogens (tertiary/aromatic N) is 2. The largest absolute Gasteiger partial charge is 0.478 e. The number of halogens is 1. The van der Waals surface area contributed by atoms with Crippen LogP contribution in [0.4, 0.5) is 4.39 Å². The van der Waals surface area contributed by atoms with Crippen LogP contribution in [0.25, 0.3) is 0 Å². The molecule has 1 aromatic carbocycles. The summed E-state index contributed by atoms with van der Waals surface area (Å²) in [6.07, 6.45) is 1.01. The van der Waals surface area contributed by atoms with Gasteiger partial charge in [-0.05, 0) is 50.8 Å². The second-order valence-electron chi connectivity index (χ2n) is 5.23. The topological polar surface area (TPSA) is 43.8 Å². The molecular weight excluding hydrogens is 259 g/mol. The average Bonchev–Trinajstić information content (AvgIpc) is 2.35. The van der Waals surface area contributed by atoms with Crippen molar-refractivity contribution in [1.82, 2.24) is 9.80 Å². The summed E-state index contributed by atoms with van der Waals surface area (Å²) in [5.41, 5.74) is 0.707. The molecule has 0 aliphatic heterocycles. The van der Waals surface area contributed by atoms with E-state index in [0.29, 0.717) is 12.1 Å². The smallest absolute Gasteiger partial charge is 0.335 e. The van der Waals surface area contributed by atoms with E-state index in [1.165, 1.54) is 6.07 Å². The molecule has 5 heteroatoms. The van der Waals surface area contributed by atoms with Gasteiger partial charge in [0.05, 0.1) is 5.56 Å². The van der Waals surface area contributed by atoms with Crippen LogP contribution in [-0.2, 0) is 6.54 Å². The zero-order chi connectivity index (χ0) is 15.1. The highest BCUT2D eigenvalue weighted by molar-refractivity contribution is 5.87. The Morgan fingerprint density at radius 3 is 2.45 bits per heavy atom. The highest BCUT2D eigenvalue weighted by atomic mass is 19.1. The first-order chi connectivity index (χ1) is 9.42. The van der Waals surface area contributed by atoms with Crippen LogP contribution in [0.3, 0.4) is 0 Å². The maximum absolute atomic E-state index is 13.4. The van der Waals surface area contributed by atoms with Gasteiger partial charge in [0.1, 0.15) is 5.82 Å². The molecule has 0 unspecified atom stereocenters. The Balaban J connectivity index is 2.79. The molecule has 112 valence electrons. The van der Waals surface area contributed by atoms with Gasteiger partial charge in [0, 0.05) is 19.6 Å². The fourth-order valence-corrected chi connectivity index (χ4v) is 2.05. The third kappa shape index (κ3) is 5.67. The summed E-state index contributed by atoms with van der Waals surface area (Å²) in [6, 6.07) is 4.00. The van der Waals surface area contributed by atoms with Crippen molar-refractivity contribution in [3.63, 3.8) is 0 Å². The van der Waals surface area contributed by atoms with Crippen LogP contribution in [-0.4, -0.2) is 54.6 Å². The molecule has 0 aliphatic rings. The van der Waals surface area contributed by atoms with Gasteiger partial charge < -0.3 is 10.0 Å². The van der Waals surface area contributed by atoms with E-state index in [1.54, 1.807) is 6.07 Å². The molecule has 0 aromatic heterocycles. The molecule has 0 amide bonds. The predicted molar refractivity (Wildman–Crippen MR) is 77.5 cm³/mol. The summed E-state index contributed by atoms with van der Waals surface area (Å²) in [5, 5.41) is 8.96. The molecule has 0 fully saturated rings. The number of hydrogen-bond donors (Lipinski definition) is 1. The van der Waals surface area contributed by atoms with Gasteiger partial charge in [-0.3, -0.25) is 4.90 Å². The molecule has 1 N–H and O–H groups in total. The molecule has 0 atom stereocenters. The number of likely N-dealkylation sites (N-methyl/N-ethyl adjacent to an activating group) is 1. The second kappa shape index (κ2) is 7.97. The highest BCUT2D eigenvalue weighted by Gasteiger charge is 2.10. The Morgan fingerprint density at radius 2 is 1.90 bits per heavy atom. The Bertz CT molecular complexity index is 449. The molecule has 4 nitrogen and oxygen atoms in total. The van der Waals surface area contributed by atoms with E-state index < -0.39 is 11.8 Å². The van der Waals surface area contributed by atoms with Crippen LogP contribution >= 0.6 is 0 Å². The lowest BCUT2D eigenvalue weighted by atomic mass is 10.1. The quantitative estimate of drug-likeness (QED) is 0.794. The van der Waals surface area contributed by atoms with Gasteiger partial charge in [0.2, 0.25) is 0 Å². The van der Waals surface area contributed by atoms with Gasteiger partial charge in [-0.1, -0.05) is 6.92 Å². The van der Waals surface area contributed by atoms with E-state index in [0.717, 1.165) is 32.1 Å². The number of carboxylic acids is 1. The predicted octanol–water partition coefficient (Wildman–Crippen LogP) is 2.30. The van der Waals surface area contributed by atoms with Crippen molar-refractivity contribution < 1.29 is 14.3 Å². The summed E-state index contributed by atoms with van der Waals surface area (Å²) >= 11 is 0. The molecule has 0 saturated heterocycles. The van der Waals surface area contributed by atoms with Crippen LogP contribution in [0.15, 0.2) is 18.2 Å². The lowest BCUT2D eigenvalue weighted by Gasteiger charge is -2.23. The third-order valence-electron chi connectivity index (χ3n) is 3.01.